The van der Waals surface area contributed by atoms with Gasteiger partial charge < -0.3 is 14.6 Å². The molecule has 0 unspecified atom stereocenters. The first-order valence-electron chi connectivity index (χ1n) is 9.95. The van der Waals surface area contributed by atoms with Gasteiger partial charge in [0.1, 0.15) is 11.5 Å². The minimum Gasteiger partial charge on any atom is -0.377 e. The Hall–Kier alpha value is -2.47. The molecule has 1 saturated heterocycles. The predicted octanol–water partition coefficient (Wildman–Crippen LogP) is 4.15. The fourth-order valence-corrected chi connectivity index (χ4v) is 3.53. The lowest BCUT2D eigenvalue weighted by molar-refractivity contribution is 0.0985. The molecule has 0 aromatic carbocycles. The number of hydrogen-bond donors (Lipinski definition) is 1. The number of pyridine rings is 1. The molecule has 4 heterocycles. The number of nitrogens with one attached hydrogen (secondary N) is 1. The smallest absolute Gasteiger partial charge is 0.162 e. The summed E-state index contributed by atoms with van der Waals surface area (Å²) in [5.41, 5.74) is 3.08. The number of nitrogens with zero attached hydrogens (tertiary/aromatic N) is 4. The Balaban J connectivity index is 0.000000872. The lowest BCUT2D eigenvalue weighted by Crippen LogP contribution is -2.44. The molecule has 1 aliphatic carbocycles. The Kier molecular flexibility index (Phi) is 5.07. The maximum absolute atomic E-state index is 5.59. The summed E-state index contributed by atoms with van der Waals surface area (Å²) in [7, 11) is 0. The van der Waals surface area contributed by atoms with Crippen LogP contribution in [0.4, 0.5) is 5.82 Å². The van der Waals surface area contributed by atoms with Gasteiger partial charge in [0.2, 0.25) is 0 Å². The van der Waals surface area contributed by atoms with Gasteiger partial charge in [0.15, 0.2) is 5.82 Å². The molecule has 0 spiro atoms. The van der Waals surface area contributed by atoms with Crippen molar-refractivity contribution in [1.82, 2.24) is 19.9 Å². The molecule has 2 fully saturated rings. The first kappa shape index (κ1) is 17.9. The van der Waals surface area contributed by atoms with Crippen LogP contribution in [0.25, 0.3) is 22.4 Å². The molecule has 1 aliphatic heterocycles. The number of aromatic nitrogens is 4. The summed E-state index contributed by atoms with van der Waals surface area (Å²) in [4.78, 5) is 19.7. The van der Waals surface area contributed by atoms with E-state index in [0.29, 0.717) is 12.0 Å². The normalized spacial score (nSPS) is 19.7. The van der Waals surface area contributed by atoms with E-state index in [1.54, 1.807) is 0 Å². The van der Waals surface area contributed by atoms with Crippen molar-refractivity contribution >= 4 is 16.9 Å². The van der Waals surface area contributed by atoms with Crippen LogP contribution in [0.1, 0.15) is 45.2 Å². The molecule has 0 radical (unpaired) electrons. The monoisotopic (exact) mass is 365 g/mol. The summed E-state index contributed by atoms with van der Waals surface area (Å²) < 4.78 is 5.59. The minimum absolute atomic E-state index is 0.327. The van der Waals surface area contributed by atoms with Crippen LogP contribution in [0.2, 0.25) is 0 Å². The lowest BCUT2D eigenvalue weighted by Gasteiger charge is -2.34. The molecule has 1 N–H and O–H groups in total. The topological polar surface area (TPSA) is 66.9 Å². The highest BCUT2D eigenvalue weighted by atomic mass is 16.5. The predicted molar refractivity (Wildman–Crippen MR) is 108 cm³/mol. The Morgan fingerprint density at radius 2 is 2.04 bits per heavy atom. The minimum atomic E-state index is 0.327. The van der Waals surface area contributed by atoms with Gasteiger partial charge in [0, 0.05) is 47.6 Å². The number of fused-ring (bicyclic) bond motifs is 1. The molecule has 1 atom stereocenters. The summed E-state index contributed by atoms with van der Waals surface area (Å²) in [5, 5.41) is 1.07. The van der Waals surface area contributed by atoms with Gasteiger partial charge in [-0.1, -0.05) is 13.8 Å². The van der Waals surface area contributed by atoms with E-state index in [1.165, 1.54) is 18.5 Å². The van der Waals surface area contributed by atoms with Crippen LogP contribution in [0.3, 0.4) is 0 Å². The first-order valence-corrected chi connectivity index (χ1v) is 9.95. The molecule has 27 heavy (non-hydrogen) atoms. The van der Waals surface area contributed by atoms with E-state index in [1.807, 2.05) is 38.4 Å². The van der Waals surface area contributed by atoms with Crippen LogP contribution >= 0.6 is 0 Å². The van der Waals surface area contributed by atoms with Crippen LogP contribution in [0.5, 0.6) is 0 Å². The van der Waals surface area contributed by atoms with E-state index in [9.17, 15) is 0 Å². The van der Waals surface area contributed by atoms with Gasteiger partial charge in [0.25, 0.3) is 0 Å². The molecule has 2 aliphatic rings. The third-order valence-corrected chi connectivity index (χ3v) is 5.09. The van der Waals surface area contributed by atoms with E-state index in [-0.39, 0.29) is 0 Å². The third kappa shape index (κ3) is 3.54. The van der Waals surface area contributed by atoms with Gasteiger partial charge in [-0.2, -0.15) is 0 Å². The molecular formula is C21H27N5O. The van der Waals surface area contributed by atoms with Crippen LogP contribution < -0.4 is 4.90 Å². The molecule has 0 amide bonds. The Morgan fingerprint density at radius 1 is 1.19 bits per heavy atom. The van der Waals surface area contributed by atoms with E-state index in [4.69, 9.17) is 14.7 Å². The number of ether oxygens (including phenoxy) is 1. The van der Waals surface area contributed by atoms with Gasteiger partial charge in [-0.25, -0.2) is 15.0 Å². The van der Waals surface area contributed by atoms with Crippen LogP contribution in [-0.2, 0) is 4.74 Å². The standard InChI is InChI=1S/C19H21N5O.C2H6/c1-12-11-25-9-8-24(12)17-10-16(13-2-3-13)22-19(23-17)15-5-7-21-18-14(15)4-6-20-18;1-2/h4-7,10,12-13H,2-3,8-9,11H2,1H3,(H,20,21);1-2H3/t12-;/m1./s1. The second-order valence-electron chi connectivity index (χ2n) is 6.96. The van der Waals surface area contributed by atoms with Crippen LogP contribution in [-0.4, -0.2) is 45.7 Å². The number of hydrogen-bond acceptors (Lipinski definition) is 5. The zero-order valence-electron chi connectivity index (χ0n) is 16.3. The number of anilines is 1. The van der Waals surface area contributed by atoms with Gasteiger partial charge >= 0.3 is 0 Å². The Morgan fingerprint density at radius 3 is 2.81 bits per heavy atom. The maximum atomic E-state index is 5.59. The second-order valence-corrected chi connectivity index (χ2v) is 6.96. The third-order valence-electron chi connectivity index (χ3n) is 5.09. The molecule has 6 heteroatoms. The van der Waals surface area contributed by atoms with Crippen molar-refractivity contribution in [1.29, 1.82) is 0 Å². The fraction of sp³-hybridized carbons (Fsp3) is 0.476. The maximum Gasteiger partial charge on any atom is 0.162 e. The zero-order chi connectivity index (χ0) is 18.8. The molecule has 1 saturated carbocycles. The molecule has 142 valence electrons. The largest absolute Gasteiger partial charge is 0.377 e. The summed E-state index contributed by atoms with van der Waals surface area (Å²) in [6.45, 7) is 8.56. The van der Waals surface area contributed by atoms with Crippen molar-refractivity contribution in [2.75, 3.05) is 24.7 Å². The van der Waals surface area contributed by atoms with E-state index in [2.05, 4.69) is 27.9 Å². The summed E-state index contributed by atoms with van der Waals surface area (Å²) >= 11 is 0. The van der Waals surface area contributed by atoms with Crippen molar-refractivity contribution < 1.29 is 4.74 Å². The molecular weight excluding hydrogens is 338 g/mol. The SMILES string of the molecule is CC.C[C@@H]1COCCN1c1cc(C2CC2)nc(-c2ccnc3[nH]ccc23)n1. The fourth-order valence-electron chi connectivity index (χ4n) is 3.53. The molecule has 0 bridgehead atoms. The number of aromatic amines is 1. The summed E-state index contributed by atoms with van der Waals surface area (Å²) in [6, 6.07) is 6.56. The van der Waals surface area contributed by atoms with Crippen molar-refractivity contribution in [2.45, 2.75) is 45.6 Å². The highest BCUT2D eigenvalue weighted by Gasteiger charge is 2.29. The van der Waals surface area contributed by atoms with E-state index >= 15 is 0 Å². The second kappa shape index (κ2) is 7.64. The quantitative estimate of drug-likeness (QED) is 0.755. The average Bonchev–Trinajstić information content (AvgIpc) is 3.46. The highest BCUT2D eigenvalue weighted by Crippen LogP contribution is 2.41. The first-order chi connectivity index (χ1) is 13.3. The van der Waals surface area contributed by atoms with Crippen LogP contribution in [0, 0.1) is 0 Å². The molecule has 3 aromatic rings. The molecule has 3 aromatic heterocycles. The summed E-state index contributed by atoms with van der Waals surface area (Å²) in [6.07, 6.45) is 6.18. The number of morpholine rings is 1. The van der Waals surface area contributed by atoms with Gasteiger partial charge in [-0.3, -0.25) is 0 Å². The molecule has 6 nitrogen and oxygen atoms in total. The van der Waals surface area contributed by atoms with E-state index in [0.717, 1.165) is 48.0 Å². The number of H-pyrrole nitrogens is 1. The van der Waals surface area contributed by atoms with Crippen molar-refractivity contribution in [2.24, 2.45) is 0 Å². The average molecular weight is 365 g/mol. The van der Waals surface area contributed by atoms with Crippen LogP contribution in [0.15, 0.2) is 30.6 Å². The summed E-state index contributed by atoms with van der Waals surface area (Å²) in [5.74, 6) is 2.40. The van der Waals surface area contributed by atoms with Crippen molar-refractivity contribution in [3.63, 3.8) is 0 Å². The van der Waals surface area contributed by atoms with Gasteiger partial charge in [-0.15, -0.1) is 0 Å². The Bertz CT molecular complexity index is 918. The Labute approximate surface area is 160 Å². The van der Waals surface area contributed by atoms with E-state index < -0.39 is 0 Å². The van der Waals surface area contributed by atoms with Crippen molar-refractivity contribution in [3.05, 3.63) is 36.3 Å². The van der Waals surface area contributed by atoms with Gasteiger partial charge in [-0.05, 0) is 31.9 Å². The zero-order valence-corrected chi connectivity index (χ0v) is 16.3. The van der Waals surface area contributed by atoms with Gasteiger partial charge in [0.05, 0.1) is 19.3 Å². The highest BCUT2D eigenvalue weighted by molar-refractivity contribution is 5.91. The molecule has 5 rings (SSSR count). The number of rotatable bonds is 3. The van der Waals surface area contributed by atoms with Crippen molar-refractivity contribution in [3.8, 4) is 11.4 Å². The lowest BCUT2D eigenvalue weighted by atomic mass is 10.1.